The van der Waals surface area contributed by atoms with Crippen molar-refractivity contribution in [2.45, 2.75) is 104 Å². The van der Waals surface area contributed by atoms with E-state index in [1.165, 1.54) is 90.4 Å². The molecule has 1 aliphatic carbocycles. The molecule has 1 saturated carbocycles. The first-order chi connectivity index (χ1) is 9.16. The zero-order valence-electron chi connectivity index (χ0n) is 13.2. The van der Waals surface area contributed by atoms with E-state index in [1.54, 1.807) is 0 Å². The van der Waals surface area contributed by atoms with E-state index in [4.69, 9.17) is 10.2 Å². The molecule has 0 aromatic rings. The van der Waals surface area contributed by atoms with Crippen molar-refractivity contribution in [1.29, 1.82) is 0 Å². The van der Waals surface area contributed by atoms with Crippen LogP contribution in [0.2, 0.25) is 0 Å². The van der Waals surface area contributed by atoms with Gasteiger partial charge < -0.3 is 10.2 Å². The Morgan fingerprint density at radius 2 is 1.26 bits per heavy atom. The van der Waals surface area contributed by atoms with Gasteiger partial charge in [0.05, 0.1) is 0 Å². The fraction of sp³-hybridized carbons (Fsp3) is 1.00. The molecular weight excluding hydrogens is 236 g/mol. The molecule has 1 fully saturated rings. The largest absolute Gasteiger partial charge is 0.368 e. The van der Waals surface area contributed by atoms with Crippen molar-refractivity contribution < 1.29 is 10.2 Å². The van der Waals surface area contributed by atoms with E-state index in [9.17, 15) is 0 Å². The highest BCUT2D eigenvalue weighted by molar-refractivity contribution is 4.66. The van der Waals surface area contributed by atoms with E-state index < -0.39 is 6.29 Å². The van der Waals surface area contributed by atoms with Crippen molar-refractivity contribution >= 4 is 0 Å². The van der Waals surface area contributed by atoms with E-state index in [0.717, 1.165) is 5.92 Å². The Hall–Kier alpha value is -0.0800. The zero-order valence-corrected chi connectivity index (χ0v) is 13.2. The van der Waals surface area contributed by atoms with E-state index in [0.29, 0.717) is 0 Å². The van der Waals surface area contributed by atoms with Crippen molar-refractivity contribution in [3.63, 3.8) is 0 Å². The number of aliphatic hydroxyl groups excluding tert-OH is 1. The maximum absolute atomic E-state index is 7.61. The predicted molar refractivity (Wildman–Crippen MR) is 83.1 cm³/mol. The first kappa shape index (κ1) is 18.9. The second-order valence-corrected chi connectivity index (χ2v) is 6.05. The topological polar surface area (TPSA) is 40.5 Å². The van der Waals surface area contributed by atoms with Crippen LogP contribution < -0.4 is 0 Å². The number of rotatable bonds is 9. The van der Waals surface area contributed by atoms with Crippen LogP contribution in [0.25, 0.3) is 0 Å². The first-order valence-electron chi connectivity index (χ1n) is 8.53. The molecule has 0 aromatic heterocycles. The number of hydrogen-bond acceptors (Lipinski definition) is 2. The summed E-state index contributed by atoms with van der Waals surface area (Å²) in [4.78, 5) is 0. The van der Waals surface area contributed by atoms with E-state index >= 15 is 0 Å². The molecule has 1 aliphatic rings. The highest BCUT2D eigenvalue weighted by atomic mass is 16.5. The number of unbranched alkanes of at least 4 members (excludes halogenated alkanes) is 7. The van der Waals surface area contributed by atoms with Crippen LogP contribution in [0.15, 0.2) is 0 Å². The molecule has 0 amide bonds. The summed E-state index contributed by atoms with van der Waals surface area (Å²) in [6.07, 6.45) is 18.3. The Labute approximate surface area is 120 Å². The molecule has 0 aliphatic heterocycles. The van der Waals surface area contributed by atoms with Gasteiger partial charge in [-0.25, -0.2) is 0 Å². The van der Waals surface area contributed by atoms with Crippen molar-refractivity contribution in [3.05, 3.63) is 0 Å². The minimum Gasteiger partial charge on any atom is -0.368 e. The fourth-order valence-electron chi connectivity index (χ4n) is 2.87. The quantitative estimate of drug-likeness (QED) is 0.457. The van der Waals surface area contributed by atoms with Crippen molar-refractivity contribution in [3.8, 4) is 0 Å². The highest BCUT2D eigenvalue weighted by Gasteiger charge is 2.13. The van der Waals surface area contributed by atoms with Gasteiger partial charge in [-0.2, -0.15) is 0 Å². The summed E-state index contributed by atoms with van der Waals surface area (Å²) >= 11 is 0. The van der Waals surface area contributed by atoms with Crippen LogP contribution in [0.3, 0.4) is 0 Å². The summed E-state index contributed by atoms with van der Waals surface area (Å²) in [7, 11) is 0. The van der Waals surface area contributed by atoms with Gasteiger partial charge in [0.15, 0.2) is 0 Å². The van der Waals surface area contributed by atoms with Gasteiger partial charge in [0.25, 0.3) is 0 Å². The third-order valence-electron chi connectivity index (χ3n) is 3.94. The summed E-state index contributed by atoms with van der Waals surface area (Å²) in [5.74, 6) is 1.12. The molecule has 2 nitrogen and oxygen atoms in total. The van der Waals surface area contributed by atoms with Crippen LogP contribution in [-0.2, 0) is 0 Å². The summed E-state index contributed by atoms with van der Waals surface area (Å²) in [6.45, 7) is 3.57. The van der Waals surface area contributed by atoms with E-state index in [2.05, 4.69) is 6.92 Å². The minimum absolute atomic E-state index is 1.12. The smallest absolute Gasteiger partial charge is 0.148 e. The second-order valence-electron chi connectivity index (χ2n) is 6.05. The Kier molecular flexibility index (Phi) is 14.3. The van der Waals surface area contributed by atoms with Gasteiger partial charge in [0.1, 0.15) is 6.29 Å². The maximum atomic E-state index is 7.61. The molecule has 0 unspecified atom stereocenters. The summed E-state index contributed by atoms with van der Waals surface area (Å²) < 4.78 is 0. The average molecular weight is 272 g/mol. The van der Waals surface area contributed by atoms with E-state index in [1.807, 2.05) is 0 Å². The molecule has 2 N–H and O–H groups in total. The van der Waals surface area contributed by atoms with Gasteiger partial charge in [0, 0.05) is 0 Å². The van der Waals surface area contributed by atoms with Crippen LogP contribution in [0.5, 0.6) is 0 Å². The molecule has 0 aromatic carbocycles. The molecule has 1 rings (SSSR count). The molecule has 0 bridgehead atoms. The molecule has 0 heterocycles. The van der Waals surface area contributed by atoms with Crippen LogP contribution in [0, 0.1) is 5.92 Å². The SMILES string of the molecule is CC(O)O.CCCCCCCCCCC1CCCC1. The third kappa shape index (κ3) is 15.9. The van der Waals surface area contributed by atoms with Crippen molar-refractivity contribution in [1.82, 2.24) is 0 Å². The van der Waals surface area contributed by atoms with Gasteiger partial charge in [-0.15, -0.1) is 0 Å². The van der Waals surface area contributed by atoms with Crippen molar-refractivity contribution in [2.24, 2.45) is 5.92 Å². The molecule has 0 saturated heterocycles. The average Bonchev–Trinajstić information content (AvgIpc) is 2.85. The monoisotopic (exact) mass is 272 g/mol. The third-order valence-corrected chi connectivity index (χ3v) is 3.94. The molecule has 0 atom stereocenters. The minimum atomic E-state index is -1.17. The van der Waals surface area contributed by atoms with E-state index in [-0.39, 0.29) is 0 Å². The molecule has 2 heteroatoms. The molecule has 19 heavy (non-hydrogen) atoms. The van der Waals surface area contributed by atoms with Gasteiger partial charge in [-0.1, -0.05) is 90.4 Å². The van der Waals surface area contributed by atoms with Crippen LogP contribution in [0.4, 0.5) is 0 Å². The summed E-state index contributed by atoms with van der Waals surface area (Å²) in [5, 5.41) is 15.2. The molecule has 0 radical (unpaired) electrons. The first-order valence-corrected chi connectivity index (χ1v) is 8.53. The Balaban J connectivity index is 0.000000711. The van der Waals surface area contributed by atoms with Crippen LogP contribution in [0.1, 0.15) is 97.3 Å². The highest BCUT2D eigenvalue weighted by Crippen LogP contribution is 2.29. The Morgan fingerprint density at radius 1 is 0.842 bits per heavy atom. The van der Waals surface area contributed by atoms with Crippen LogP contribution >= 0.6 is 0 Å². The number of aliphatic hydroxyl groups is 2. The lowest BCUT2D eigenvalue weighted by atomic mass is 9.99. The van der Waals surface area contributed by atoms with Crippen LogP contribution in [-0.4, -0.2) is 16.5 Å². The Morgan fingerprint density at radius 3 is 1.74 bits per heavy atom. The lowest BCUT2D eigenvalue weighted by molar-refractivity contribution is -0.0228. The Bertz CT molecular complexity index is 160. The predicted octanol–water partition coefficient (Wildman–Crippen LogP) is 5.02. The summed E-state index contributed by atoms with van der Waals surface area (Å²) in [6, 6.07) is 0. The molecular formula is C17H36O2. The standard InChI is InChI=1S/C15H30.C2H6O2/c1-2-3-4-5-6-7-8-9-12-15-13-10-11-14-15;1-2(3)4/h15H,2-14H2,1H3;2-4H,1H3. The fourth-order valence-corrected chi connectivity index (χ4v) is 2.87. The van der Waals surface area contributed by atoms with Gasteiger partial charge in [0.2, 0.25) is 0 Å². The lowest BCUT2D eigenvalue weighted by Crippen LogP contribution is -1.92. The van der Waals surface area contributed by atoms with Crippen molar-refractivity contribution in [2.75, 3.05) is 0 Å². The lowest BCUT2D eigenvalue weighted by Gasteiger charge is -2.07. The van der Waals surface area contributed by atoms with Gasteiger partial charge >= 0.3 is 0 Å². The maximum Gasteiger partial charge on any atom is 0.148 e. The molecule has 116 valence electrons. The molecule has 0 spiro atoms. The normalized spacial score (nSPS) is 15.6. The second kappa shape index (κ2) is 14.3. The van der Waals surface area contributed by atoms with Gasteiger partial charge in [-0.3, -0.25) is 0 Å². The van der Waals surface area contributed by atoms with Gasteiger partial charge in [-0.05, 0) is 12.8 Å². The summed E-state index contributed by atoms with van der Waals surface area (Å²) in [5.41, 5.74) is 0. The number of hydrogen-bond donors (Lipinski definition) is 2. The zero-order chi connectivity index (χ0) is 14.3.